The van der Waals surface area contributed by atoms with Crippen molar-refractivity contribution < 1.29 is 13.2 Å². The Bertz CT molecular complexity index is 764. The first-order valence-electron chi connectivity index (χ1n) is 9.41. The maximum absolute atomic E-state index is 13.0. The molecule has 1 amide bonds. The van der Waals surface area contributed by atoms with Crippen LogP contribution in [-0.2, 0) is 14.8 Å². The number of aryl methyl sites for hydroxylation is 2. The number of nitrogens with zero attached hydrogens (tertiary/aromatic N) is 3. The van der Waals surface area contributed by atoms with Crippen molar-refractivity contribution in [1.29, 1.82) is 0 Å². The van der Waals surface area contributed by atoms with Crippen LogP contribution in [0.25, 0.3) is 0 Å². The summed E-state index contributed by atoms with van der Waals surface area (Å²) in [6.45, 7) is 9.47. The molecule has 0 saturated carbocycles. The molecule has 0 N–H and O–H groups in total. The number of benzene rings is 1. The third-order valence-electron chi connectivity index (χ3n) is 5.54. The maximum atomic E-state index is 13.0. The molecule has 2 heterocycles. The van der Waals surface area contributed by atoms with Gasteiger partial charge in [-0.2, -0.15) is 4.31 Å². The molecule has 2 fully saturated rings. The average molecular weight is 380 g/mol. The second kappa shape index (κ2) is 7.66. The summed E-state index contributed by atoms with van der Waals surface area (Å²) in [7, 11) is -3.48. The summed E-state index contributed by atoms with van der Waals surface area (Å²) in [6.07, 6.45) is 2.17. The second-order valence-electron chi connectivity index (χ2n) is 7.42. The monoisotopic (exact) mass is 379 g/mol. The molecule has 1 aromatic carbocycles. The lowest BCUT2D eigenvalue weighted by molar-refractivity contribution is -0.135. The highest BCUT2D eigenvalue weighted by Crippen LogP contribution is 2.23. The van der Waals surface area contributed by atoms with Gasteiger partial charge in [-0.25, -0.2) is 8.42 Å². The van der Waals surface area contributed by atoms with Crippen LogP contribution in [0, 0.1) is 13.8 Å². The number of hydrogen-bond acceptors (Lipinski definition) is 4. The number of sulfonamides is 1. The quantitative estimate of drug-likeness (QED) is 0.798. The number of amides is 1. The fourth-order valence-corrected chi connectivity index (χ4v) is 5.54. The van der Waals surface area contributed by atoms with Gasteiger partial charge in [-0.3, -0.25) is 9.69 Å². The lowest BCUT2D eigenvalue weighted by atomic mass is 10.2. The fourth-order valence-electron chi connectivity index (χ4n) is 3.92. The average Bonchev–Trinajstić information content (AvgIpc) is 3.15. The molecule has 0 aliphatic carbocycles. The van der Waals surface area contributed by atoms with Crippen LogP contribution in [0.1, 0.15) is 30.9 Å². The molecule has 1 atom stereocenters. The van der Waals surface area contributed by atoms with E-state index in [2.05, 4.69) is 4.90 Å². The van der Waals surface area contributed by atoms with Gasteiger partial charge in [-0.05, 0) is 45.2 Å². The summed E-state index contributed by atoms with van der Waals surface area (Å²) in [6, 6.07) is 5.26. The molecule has 0 spiro atoms. The molecule has 6 nitrogen and oxygen atoms in total. The van der Waals surface area contributed by atoms with Crippen molar-refractivity contribution >= 4 is 15.9 Å². The van der Waals surface area contributed by atoms with Gasteiger partial charge in [0.1, 0.15) is 0 Å². The molecule has 0 unspecified atom stereocenters. The molecule has 0 radical (unpaired) electrons. The Kier molecular flexibility index (Phi) is 5.69. The molecule has 2 aliphatic rings. The predicted molar refractivity (Wildman–Crippen MR) is 102 cm³/mol. The Labute approximate surface area is 156 Å². The Hall–Kier alpha value is -1.44. The third kappa shape index (κ3) is 3.80. The maximum Gasteiger partial charge on any atom is 0.243 e. The van der Waals surface area contributed by atoms with Crippen LogP contribution in [0.5, 0.6) is 0 Å². The van der Waals surface area contributed by atoms with Gasteiger partial charge in [-0.15, -0.1) is 0 Å². The summed E-state index contributed by atoms with van der Waals surface area (Å²) in [5.74, 6) is 0.174. The van der Waals surface area contributed by atoms with Gasteiger partial charge in [0.15, 0.2) is 0 Å². The molecule has 2 aliphatic heterocycles. The fraction of sp³-hybridized carbons (Fsp3) is 0.632. The summed E-state index contributed by atoms with van der Waals surface area (Å²) < 4.78 is 27.5. The van der Waals surface area contributed by atoms with E-state index in [1.165, 1.54) is 0 Å². The molecule has 2 saturated heterocycles. The van der Waals surface area contributed by atoms with E-state index in [-0.39, 0.29) is 11.9 Å². The van der Waals surface area contributed by atoms with Crippen molar-refractivity contribution in [2.24, 2.45) is 0 Å². The lowest BCUT2D eigenvalue weighted by Crippen LogP contribution is -2.55. The minimum Gasteiger partial charge on any atom is -0.341 e. The Balaban J connectivity index is 1.65. The Morgan fingerprint density at radius 1 is 1.00 bits per heavy atom. The minimum absolute atomic E-state index is 0.174. The van der Waals surface area contributed by atoms with E-state index in [0.717, 1.165) is 37.1 Å². The van der Waals surface area contributed by atoms with E-state index in [4.69, 9.17) is 0 Å². The second-order valence-corrected chi connectivity index (χ2v) is 9.32. The summed E-state index contributed by atoms with van der Waals surface area (Å²) in [5.41, 5.74) is 1.84. The first kappa shape index (κ1) is 19.3. The van der Waals surface area contributed by atoms with Crippen LogP contribution >= 0.6 is 0 Å². The van der Waals surface area contributed by atoms with E-state index >= 15 is 0 Å². The molecule has 1 aromatic rings. The van der Waals surface area contributed by atoms with Crippen LogP contribution in [0.2, 0.25) is 0 Å². The molecule has 144 valence electrons. The third-order valence-corrected chi connectivity index (χ3v) is 7.60. The summed E-state index contributed by atoms with van der Waals surface area (Å²) >= 11 is 0. The van der Waals surface area contributed by atoms with Crippen molar-refractivity contribution in [3.8, 4) is 0 Å². The number of carbonyl (C=O) groups is 1. The smallest absolute Gasteiger partial charge is 0.243 e. The first-order valence-corrected chi connectivity index (χ1v) is 10.8. The predicted octanol–water partition coefficient (Wildman–Crippen LogP) is 1.62. The van der Waals surface area contributed by atoms with Crippen LogP contribution in [-0.4, -0.2) is 73.7 Å². The van der Waals surface area contributed by atoms with Crippen LogP contribution in [0.3, 0.4) is 0 Å². The number of rotatable bonds is 4. The number of likely N-dealkylation sites (tertiary alicyclic amines) is 1. The summed E-state index contributed by atoms with van der Waals surface area (Å²) in [4.78, 5) is 17.0. The molecule has 0 aromatic heterocycles. The molecular weight excluding hydrogens is 350 g/mol. The molecule has 3 rings (SSSR count). The number of hydrogen-bond donors (Lipinski definition) is 0. The zero-order valence-corrected chi connectivity index (χ0v) is 16.8. The highest BCUT2D eigenvalue weighted by atomic mass is 32.2. The van der Waals surface area contributed by atoms with E-state index < -0.39 is 10.0 Å². The largest absolute Gasteiger partial charge is 0.341 e. The number of carbonyl (C=O) groups excluding carboxylic acids is 1. The van der Waals surface area contributed by atoms with Gasteiger partial charge in [-0.1, -0.05) is 17.7 Å². The van der Waals surface area contributed by atoms with E-state index in [1.54, 1.807) is 10.4 Å². The van der Waals surface area contributed by atoms with Gasteiger partial charge in [0, 0.05) is 39.3 Å². The van der Waals surface area contributed by atoms with Crippen LogP contribution in [0.15, 0.2) is 23.1 Å². The zero-order valence-electron chi connectivity index (χ0n) is 15.9. The van der Waals surface area contributed by atoms with Gasteiger partial charge in [0.25, 0.3) is 0 Å². The lowest BCUT2D eigenvalue weighted by Gasteiger charge is -2.38. The molecule has 0 bridgehead atoms. The molecule has 26 heavy (non-hydrogen) atoms. The highest BCUT2D eigenvalue weighted by Gasteiger charge is 2.34. The SMILES string of the molecule is Cc1ccc(S(=O)(=O)N2CCN([C@H](C)C(=O)N3CCCC3)CC2)c(C)c1. The van der Waals surface area contributed by atoms with Crippen molar-refractivity contribution in [3.05, 3.63) is 29.3 Å². The van der Waals surface area contributed by atoms with Gasteiger partial charge in [0.2, 0.25) is 15.9 Å². The van der Waals surface area contributed by atoms with Crippen molar-refractivity contribution in [2.75, 3.05) is 39.3 Å². The first-order chi connectivity index (χ1) is 12.3. The van der Waals surface area contributed by atoms with Gasteiger partial charge >= 0.3 is 0 Å². The number of piperazine rings is 1. The van der Waals surface area contributed by atoms with Crippen molar-refractivity contribution in [1.82, 2.24) is 14.1 Å². The normalized spacial score (nSPS) is 21.1. The standard InChI is InChI=1S/C19H29N3O3S/c1-15-6-7-18(16(2)14-15)26(24,25)22-12-10-20(11-13-22)17(3)19(23)21-8-4-5-9-21/h6-7,14,17H,4-5,8-13H2,1-3H3/t17-/m1/s1. The zero-order chi connectivity index (χ0) is 18.9. The van der Waals surface area contributed by atoms with Crippen LogP contribution in [0.4, 0.5) is 0 Å². The van der Waals surface area contributed by atoms with E-state index in [9.17, 15) is 13.2 Å². The topological polar surface area (TPSA) is 60.9 Å². The highest BCUT2D eigenvalue weighted by molar-refractivity contribution is 7.89. The molecular formula is C19H29N3O3S. The van der Waals surface area contributed by atoms with Gasteiger partial charge in [0.05, 0.1) is 10.9 Å². The van der Waals surface area contributed by atoms with E-state index in [0.29, 0.717) is 31.1 Å². The molecule has 7 heteroatoms. The van der Waals surface area contributed by atoms with Crippen molar-refractivity contribution in [2.45, 2.75) is 44.6 Å². The Morgan fingerprint density at radius 3 is 2.19 bits per heavy atom. The van der Waals surface area contributed by atoms with Crippen LogP contribution < -0.4 is 0 Å². The summed E-state index contributed by atoms with van der Waals surface area (Å²) in [5, 5.41) is 0. The van der Waals surface area contributed by atoms with Gasteiger partial charge < -0.3 is 4.90 Å². The van der Waals surface area contributed by atoms with E-state index in [1.807, 2.05) is 37.8 Å². The minimum atomic E-state index is -3.48. The Morgan fingerprint density at radius 2 is 1.62 bits per heavy atom. The van der Waals surface area contributed by atoms with Crippen molar-refractivity contribution in [3.63, 3.8) is 0 Å².